The molecule has 0 atom stereocenters. The van der Waals surface area contributed by atoms with Gasteiger partial charge in [-0.2, -0.15) is 0 Å². The van der Waals surface area contributed by atoms with Gasteiger partial charge < -0.3 is 14.2 Å². The predicted molar refractivity (Wildman–Crippen MR) is 70.1 cm³/mol. The summed E-state index contributed by atoms with van der Waals surface area (Å²) >= 11 is 0. The average molecular weight is 262 g/mol. The van der Waals surface area contributed by atoms with Crippen molar-refractivity contribution in [2.75, 3.05) is 6.61 Å². The van der Waals surface area contributed by atoms with E-state index in [2.05, 4.69) is 0 Å². The summed E-state index contributed by atoms with van der Waals surface area (Å²) in [5.41, 5.74) is 1.96. The molecule has 4 nitrogen and oxygen atoms in total. The highest BCUT2D eigenvalue weighted by molar-refractivity contribution is 5.69. The molecule has 102 valence electrons. The van der Waals surface area contributed by atoms with Gasteiger partial charge in [-0.25, -0.2) is 0 Å². The van der Waals surface area contributed by atoms with E-state index in [4.69, 9.17) is 14.2 Å². The molecule has 0 radical (unpaired) electrons. The molecule has 0 unspecified atom stereocenters. The molecule has 4 heteroatoms. The van der Waals surface area contributed by atoms with E-state index in [-0.39, 0.29) is 5.97 Å². The van der Waals surface area contributed by atoms with Gasteiger partial charge in [0, 0.05) is 18.9 Å². The zero-order valence-corrected chi connectivity index (χ0v) is 11.2. The maximum absolute atomic E-state index is 11.4. The monoisotopic (exact) mass is 262 g/mol. The molecule has 1 aliphatic rings. The summed E-state index contributed by atoms with van der Waals surface area (Å²) in [5.74, 6) is -0.987. The van der Waals surface area contributed by atoms with Crippen molar-refractivity contribution in [2.24, 2.45) is 0 Å². The summed E-state index contributed by atoms with van der Waals surface area (Å²) in [5, 5.41) is 0. The second kappa shape index (κ2) is 5.78. The lowest BCUT2D eigenvalue weighted by molar-refractivity contribution is -0.143. The summed E-state index contributed by atoms with van der Waals surface area (Å²) in [7, 11) is 0. The summed E-state index contributed by atoms with van der Waals surface area (Å²) < 4.78 is 15.9. The normalized spacial score (nSPS) is 15.7. The number of carbonyl (C=O) groups is 1. The SMILES string of the molecule is CCOC(=O)CCc1ccccc1C1(C)OC=CO1. The Morgan fingerprint density at radius 2 is 1.95 bits per heavy atom. The van der Waals surface area contributed by atoms with Gasteiger partial charge in [-0.1, -0.05) is 24.3 Å². The van der Waals surface area contributed by atoms with Crippen LogP contribution in [0.2, 0.25) is 0 Å². The third kappa shape index (κ3) is 3.08. The van der Waals surface area contributed by atoms with Gasteiger partial charge >= 0.3 is 5.97 Å². The maximum atomic E-state index is 11.4. The van der Waals surface area contributed by atoms with E-state index in [1.54, 1.807) is 6.92 Å². The first-order valence-electron chi connectivity index (χ1n) is 6.40. The number of ether oxygens (including phenoxy) is 3. The minimum atomic E-state index is -0.800. The average Bonchev–Trinajstić information content (AvgIpc) is 2.85. The molecular weight excluding hydrogens is 244 g/mol. The van der Waals surface area contributed by atoms with Crippen LogP contribution in [0.1, 0.15) is 31.4 Å². The Morgan fingerprint density at radius 1 is 1.26 bits per heavy atom. The molecule has 0 bridgehead atoms. The number of aryl methyl sites for hydroxylation is 1. The standard InChI is InChI=1S/C15H18O4/c1-3-17-14(16)9-8-12-6-4-5-7-13(12)15(2)18-10-11-19-15/h4-7,10-11H,3,8-9H2,1-2H3. The molecule has 0 saturated heterocycles. The van der Waals surface area contributed by atoms with E-state index in [1.165, 1.54) is 12.5 Å². The fraction of sp³-hybridized carbons (Fsp3) is 0.400. The van der Waals surface area contributed by atoms with E-state index in [0.29, 0.717) is 19.4 Å². The van der Waals surface area contributed by atoms with Gasteiger partial charge in [0.15, 0.2) is 0 Å². The van der Waals surface area contributed by atoms with E-state index in [1.807, 2.05) is 31.2 Å². The minimum Gasteiger partial charge on any atom is -0.466 e. The quantitative estimate of drug-likeness (QED) is 0.765. The van der Waals surface area contributed by atoms with Gasteiger partial charge in [0.2, 0.25) is 0 Å². The molecular formula is C15H18O4. The van der Waals surface area contributed by atoms with Crippen molar-refractivity contribution in [3.8, 4) is 0 Å². The number of hydrogen-bond acceptors (Lipinski definition) is 4. The van der Waals surface area contributed by atoms with Crippen molar-refractivity contribution >= 4 is 5.97 Å². The lowest BCUT2D eigenvalue weighted by Crippen LogP contribution is -2.24. The Bertz CT molecular complexity index is 471. The van der Waals surface area contributed by atoms with Gasteiger partial charge in [0.05, 0.1) is 6.61 Å². The highest BCUT2D eigenvalue weighted by atomic mass is 16.7. The van der Waals surface area contributed by atoms with Crippen LogP contribution in [0.5, 0.6) is 0 Å². The van der Waals surface area contributed by atoms with Crippen LogP contribution >= 0.6 is 0 Å². The molecule has 19 heavy (non-hydrogen) atoms. The van der Waals surface area contributed by atoms with Crippen LogP contribution in [0.25, 0.3) is 0 Å². The molecule has 0 spiro atoms. The first kappa shape index (κ1) is 13.5. The second-order valence-corrected chi connectivity index (χ2v) is 4.42. The molecule has 1 aromatic rings. The Morgan fingerprint density at radius 3 is 2.63 bits per heavy atom. The first-order chi connectivity index (χ1) is 9.15. The van der Waals surface area contributed by atoms with E-state index in [0.717, 1.165) is 11.1 Å². The number of hydrogen-bond donors (Lipinski definition) is 0. The molecule has 0 N–H and O–H groups in total. The van der Waals surface area contributed by atoms with Crippen LogP contribution in [0.4, 0.5) is 0 Å². The molecule has 1 heterocycles. The predicted octanol–water partition coefficient (Wildman–Crippen LogP) is 2.87. The van der Waals surface area contributed by atoms with Crippen molar-refractivity contribution in [1.82, 2.24) is 0 Å². The Balaban J connectivity index is 2.11. The van der Waals surface area contributed by atoms with E-state index < -0.39 is 5.79 Å². The number of rotatable bonds is 5. The van der Waals surface area contributed by atoms with Crippen molar-refractivity contribution in [1.29, 1.82) is 0 Å². The molecule has 0 saturated carbocycles. The van der Waals surface area contributed by atoms with Crippen molar-refractivity contribution in [2.45, 2.75) is 32.5 Å². The third-order valence-electron chi connectivity index (χ3n) is 3.05. The third-order valence-corrected chi connectivity index (χ3v) is 3.05. The van der Waals surface area contributed by atoms with Crippen LogP contribution in [-0.4, -0.2) is 12.6 Å². The van der Waals surface area contributed by atoms with Gasteiger partial charge in [-0.3, -0.25) is 4.79 Å². The molecule has 0 fully saturated rings. The summed E-state index contributed by atoms with van der Waals surface area (Å²) in [6, 6.07) is 7.80. The largest absolute Gasteiger partial charge is 0.466 e. The second-order valence-electron chi connectivity index (χ2n) is 4.42. The molecule has 0 amide bonds. The van der Waals surface area contributed by atoms with E-state index >= 15 is 0 Å². The highest BCUT2D eigenvalue weighted by Crippen LogP contribution is 2.34. The number of esters is 1. The summed E-state index contributed by atoms with van der Waals surface area (Å²) in [6.45, 7) is 4.07. The summed E-state index contributed by atoms with van der Waals surface area (Å²) in [4.78, 5) is 11.4. The first-order valence-corrected chi connectivity index (χ1v) is 6.40. The highest BCUT2D eigenvalue weighted by Gasteiger charge is 2.33. The van der Waals surface area contributed by atoms with Gasteiger partial charge in [-0.15, -0.1) is 0 Å². The van der Waals surface area contributed by atoms with Crippen LogP contribution < -0.4 is 0 Å². The van der Waals surface area contributed by atoms with Crippen molar-refractivity contribution in [3.63, 3.8) is 0 Å². The smallest absolute Gasteiger partial charge is 0.306 e. The van der Waals surface area contributed by atoms with E-state index in [9.17, 15) is 4.79 Å². The molecule has 0 aliphatic carbocycles. The Labute approximate surface area is 113 Å². The lowest BCUT2D eigenvalue weighted by atomic mass is 9.97. The maximum Gasteiger partial charge on any atom is 0.306 e. The molecule has 0 aromatic heterocycles. The molecule has 1 aromatic carbocycles. The zero-order valence-electron chi connectivity index (χ0n) is 11.2. The summed E-state index contributed by atoms with van der Waals surface area (Å²) in [6.07, 6.45) is 4.02. The minimum absolute atomic E-state index is 0.186. The lowest BCUT2D eigenvalue weighted by Gasteiger charge is -2.25. The number of benzene rings is 1. The fourth-order valence-electron chi connectivity index (χ4n) is 2.12. The van der Waals surface area contributed by atoms with Crippen LogP contribution in [0.15, 0.2) is 36.8 Å². The van der Waals surface area contributed by atoms with Crippen LogP contribution in [-0.2, 0) is 31.2 Å². The fourth-order valence-corrected chi connectivity index (χ4v) is 2.12. The zero-order chi connectivity index (χ0) is 13.7. The van der Waals surface area contributed by atoms with Crippen molar-refractivity contribution < 1.29 is 19.0 Å². The van der Waals surface area contributed by atoms with Gasteiger partial charge in [0.25, 0.3) is 5.79 Å². The van der Waals surface area contributed by atoms with Gasteiger partial charge in [0.1, 0.15) is 12.5 Å². The van der Waals surface area contributed by atoms with Crippen LogP contribution in [0.3, 0.4) is 0 Å². The van der Waals surface area contributed by atoms with Gasteiger partial charge in [-0.05, 0) is 18.9 Å². The Kier molecular flexibility index (Phi) is 4.10. The number of carbonyl (C=O) groups excluding carboxylic acids is 1. The topological polar surface area (TPSA) is 44.8 Å². The van der Waals surface area contributed by atoms with Crippen molar-refractivity contribution in [3.05, 3.63) is 47.9 Å². The Hall–Kier alpha value is -1.97. The molecule has 1 aliphatic heterocycles. The van der Waals surface area contributed by atoms with Crippen LogP contribution in [0, 0.1) is 0 Å². The molecule has 2 rings (SSSR count).